The van der Waals surface area contributed by atoms with Crippen molar-refractivity contribution < 1.29 is 13.2 Å². The van der Waals surface area contributed by atoms with Gasteiger partial charge in [0.25, 0.3) is 0 Å². The maximum atomic E-state index is 13.1. The van der Waals surface area contributed by atoms with Crippen LogP contribution in [-0.2, 0) is 16.4 Å². The number of likely N-dealkylation sites (tertiary alicyclic amines) is 1. The Morgan fingerprint density at radius 2 is 1.81 bits per heavy atom. The summed E-state index contributed by atoms with van der Waals surface area (Å²) in [5.41, 5.74) is 4.68. The van der Waals surface area contributed by atoms with Gasteiger partial charge in [-0.2, -0.15) is 0 Å². The van der Waals surface area contributed by atoms with Crippen LogP contribution in [0.4, 0.5) is 5.69 Å². The molecule has 6 nitrogen and oxygen atoms in total. The molecule has 4 rings (SSSR count). The lowest BCUT2D eigenvalue weighted by atomic mass is 9.95. The number of rotatable bonds is 7. The molecular formula is C25H35N3O3S. The van der Waals surface area contributed by atoms with Gasteiger partial charge in [-0.25, -0.2) is 13.1 Å². The highest BCUT2D eigenvalue weighted by atomic mass is 32.2. The summed E-state index contributed by atoms with van der Waals surface area (Å²) < 4.78 is 34.4. The molecule has 0 unspecified atom stereocenters. The molecule has 0 aromatic heterocycles. The highest BCUT2D eigenvalue weighted by molar-refractivity contribution is 7.89. The van der Waals surface area contributed by atoms with Crippen LogP contribution in [0.15, 0.2) is 41.3 Å². The molecule has 0 aliphatic carbocycles. The Morgan fingerprint density at radius 3 is 2.53 bits per heavy atom. The molecule has 1 atom stereocenters. The summed E-state index contributed by atoms with van der Waals surface area (Å²) in [7, 11) is 0.119. The van der Waals surface area contributed by atoms with E-state index in [1.807, 2.05) is 6.92 Å². The van der Waals surface area contributed by atoms with Crippen molar-refractivity contribution in [1.29, 1.82) is 0 Å². The van der Waals surface area contributed by atoms with Crippen LogP contribution in [0.5, 0.6) is 5.75 Å². The lowest BCUT2D eigenvalue weighted by molar-refractivity contribution is 0.164. The van der Waals surface area contributed by atoms with Gasteiger partial charge < -0.3 is 9.64 Å². The van der Waals surface area contributed by atoms with Crippen LogP contribution >= 0.6 is 0 Å². The average Bonchev–Trinajstić information content (AvgIpc) is 2.80. The predicted molar refractivity (Wildman–Crippen MR) is 129 cm³/mol. The number of anilines is 1. The van der Waals surface area contributed by atoms with Crippen molar-refractivity contribution >= 4 is 15.7 Å². The Kier molecular flexibility index (Phi) is 7.08. The molecule has 0 bridgehead atoms. The maximum Gasteiger partial charge on any atom is 0.240 e. The molecule has 0 amide bonds. The van der Waals surface area contributed by atoms with Crippen LogP contribution in [0.25, 0.3) is 0 Å². The molecule has 2 heterocycles. The molecule has 2 aliphatic heterocycles. The highest BCUT2D eigenvalue weighted by Gasteiger charge is 2.26. The molecule has 174 valence electrons. The van der Waals surface area contributed by atoms with Crippen LogP contribution in [0.1, 0.15) is 48.4 Å². The summed E-state index contributed by atoms with van der Waals surface area (Å²) in [6.45, 7) is 5.32. The van der Waals surface area contributed by atoms with Crippen molar-refractivity contribution in [2.45, 2.75) is 50.0 Å². The number of methoxy groups -OCH3 is 1. The first-order chi connectivity index (χ1) is 15.4. The van der Waals surface area contributed by atoms with Gasteiger partial charge in [-0.1, -0.05) is 18.6 Å². The normalized spacial score (nSPS) is 18.3. The summed E-state index contributed by atoms with van der Waals surface area (Å²) in [5, 5.41) is 0. The van der Waals surface area contributed by atoms with Crippen molar-refractivity contribution in [2.24, 2.45) is 0 Å². The number of hydrogen-bond acceptors (Lipinski definition) is 5. The van der Waals surface area contributed by atoms with Gasteiger partial charge in [-0.05, 0) is 86.7 Å². The average molecular weight is 458 g/mol. The fourth-order valence-corrected chi connectivity index (χ4v) is 6.11. The lowest BCUT2D eigenvalue weighted by Gasteiger charge is -2.36. The second-order valence-corrected chi connectivity index (χ2v) is 10.8. The largest absolute Gasteiger partial charge is 0.496 e. The van der Waals surface area contributed by atoms with Gasteiger partial charge in [0.05, 0.1) is 12.0 Å². The zero-order chi connectivity index (χ0) is 22.7. The van der Waals surface area contributed by atoms with Gasteiger partial charge in [-0.15, -0.1) is 0 Å². The molecule has 0 spiro atoms. The zero-order valence-electron chi connectivity index (χ0n) is 19.4. The van der Waals surface area contributed by atoms with E-state index < -0.39 is 10.0 Å². The molecule has 1 fully saturated rings. The van der Waals surface area contributed by atoms with Crippen molar-refractivity contribution in [1.82, 2.24) is 9.62 Å². The Hall–Kier alpha value is -2.09. The number of piperidine rings is 1. The SMILES string of the molecule is COc1ccc(S(=O)(=O)NC[C@@H](c2ccc3c(c2)CCCN3C)N2CCCCC2)cc1C. The van der Waals surface area contributed by atoms with Gasteiger partial charge in [0, 0.05) is 31.9 Å². The fraction of sp³-hybridized carbons (Fsp3) is 0.520. The molecule has 2 aliphatic rings. The molecule has 0 saturated carbocycles. The second-order valence-electron chi connectivity index (χ2n) is 9.01. The smallest absolute Gasteiger partial charge is 0.240 e. The van der Waals surface area contributed by atoms with E-state index in [4.69, 9.17) is 4.74 Å². The summed E-state index contributed by atoms with van der Waals surface area (Å²) in [5.74, 6) is 0.689. The standard InChI is InChI=1S/C25H35N3O3S/c1-19-16-22(10-12-25(19)31-3)32(29,30)26-18-24(28-14-5-4-6-15-28)21-9-11-23-20(17-21)8-7-13-27(23)2/h9-12,16-17,24,26H,4-8,13-15,18H2,1-3H3/t24-/m0/s1. The number of benzene rings is 2. The second kappa shape index (κ2) is 9.81. The van der Waals surface area contributed by atoms with Crippen molar-refractivity contribution in [2.75, 3.05) is 45.2 Å². The van der Waals surface area contributed by atoms with E-state index in [1.54, 1.807) is 25.3 Å². The fourth-order valence-electron chi connectivity index (χ4n) is 4.99. The maximum absolute atomic E-state index is 13.1. The van der Waals surface area contributed by atoms with E-state index >= 15 is 0 Å². The third kappa shape index (κ3) is 4.95. The van der Waals surface area contributed by atoms with E-state index in [-0.39, 0.29) is 10.9 Å². The highest BCUT2D eigenvalue weighted by Crippen LogP contribution is 2.32. The predicted octanol–water partition coefficient (Wildman–Crippen LogP) is 3.89. The minimum Gasteiger partial charge on any atom is -0.496 e. The number of fused-ring (bicyclic) bond motifs is 1. The van der Waals surface area contributed by atoms with Crippen LogP contribution in [0.3, 0.4) is 0 Å². The van der Waals surface area contributed by atoms with E-state index in [9.17, 15) is 8.42 Å². The molecule has 2 aromatic rings. The van der Waals surface area contributed by atoms with Crippen LogP contribution in [0.2, 0.25) is 0 Å². The molecule has 7 heteroatoms. The topological polar surface area (TPSA) is 61.9 Å². The quantitative estimate of drug-likeness (QED) is 0.683. The number of nitrogens with one attached hydrogen (secondary N) is 1. The number of sulfonamides is 1. The number of aryl methyl sites for hydroxylation is 2. The van der Waals surface area contributed by atoms with Crippen LogP contribution in [0, 0.1) is 6.92 Å². The van der Waals surface area contributed by atoms with Crippen LogP contribution < -0.4 is 14.4 Å². The number of nitrogens with zero attached hydrogens (tertiary/aromatic N) is 2. The van der Waals surface area contributed by atoms with Gasteiger partial charge in [0.15, 0.2) is 0 Å². The Morgan fingerprint density at radius 1 is 1.03 bits per heavy atom. The van der Waals surface area contributed by atoms with E-state index in [1.165, 1.54) is 23.2 Å². The summed E-state index contributed by atoms with van der Waals surface area (Å²) in [6.07, 6.45) is 5.81. The Balaban J connectivity index is 1.58. The van der Waals surface area contributed by atoms with Crippen LogP contribution in [-0.4, -0.2) is 53.7 Å². The first-order valence-corrected chi connectivity index (χ1v) is 13.1. The zero-order valence-corrected chi connectivity index (χ0v) is 20.2. The number of ether oxygens (including phenoxy) is 1. The third-order valence-corrected chi connectivity index (χ3v) is 8.24. The monoisotopic (exact) mass is 457 g/mol. The minimum atomic E-state index is -3.62. The van der Waals surface area contributed by atoms with E-state index in [0.29, 0.717) is 12.3 Å². The van der Waals surface area contributed by atoms with Crippen molar-refractivity contribution in [3.05, 3.63) is 53.1 Å². The van der Waals surface area contributed by atoms with E-state index in [2.05, 4.69) is 39.8 Å². The van der Waals surface area contributed by atoms with Gasteiger partial charge in [0.2, 0.25) is 10.0 Å². The molecule has 1 saturated heterocycles. The molecule has 32 heavy (non-hydrogen) atoms. The first kappa shape index (κ1) is 23.1. The molecule has 1 N–H and O–H groups in total. The van der Waals surface area contributed by atoms with Crippen molar-refractivity contribution in [3.8, 4) is 5.75 Å². The van der Waals surface area contributed by atoms with Crippen molar-refractivity contribution in [3.63, 3.8) is 0 Å². The third-order valence-electron chi connectivity index (χ3n) is 6.81. The molecule has 2 aromatic carbocycles. The van der Waals surface area contributed by atoms with Gasteiger partial charge in [0.1, 0.15) is 5.75 Å². The number of hydrogen-bond donors (Lipinski definition) is 1. The summed E-state index contributed by atoms with van der Waals surface area (Å²) in [6, 6.07) is 11.7. The summed E-state index contributed by atoms with van der Waals surface area (Å²) >= 11 is 0. The first-order valence-electron chi connectivity index (χ1n) is 11.6. The minimum absolute atomic E-state index is 0.0296. The molecule has 0 radical (unpaired) electrons. The lowest BCUT2D eigenvalue weighted by Crippen LogP contribution is -2.40. The summed E-state index contributed by atoms with van der Waals surface area (Å²) in [4.78, 5) is 5.03. The van der Waals surface area contributed by atoms with E-state index in [0.717, 1.165) is 50.9 Å². The molecular weight excluding hydrogens is 422 g/mol. The Bertz CT molecular complexity index is 1050. The Labute approximate surface area is 192 Å². The van der Waals surface area contributed by atoms with Gasteiger partial charge in [-0.3, -0.25) is 4.90 Å². The van der Waals surface area contributed by atoms with Gasteiger partial charge >= 0.3 is 0 Å².